The van der Waals surface area contributed by atoms with E-state index in [-0.39, 0.29) is 6.54 Å². The van der Waals surface area contributed by atoms with E-state index >= 15 is 0 Å². The second kappa shape index (κ2) is 4.49. The zero-order valence-corrected chi connectivity index (χ0v) is 9.15. The molecule has 3 N–H and O–H groups in total. The largest absolute Gasteiger partial charge is 0.384 e. The van der Waals surface area contributed by atoms with E-state index in [0.717, 1.165) is 0 Å². The summed E-state index contributed by atoms with van der Waals surface area (Å²) in [5, 5.41) is 10.9. The van der Waals surface area contributed by atoms with E-state index in [1.54, 1.807) is 18.2 Å². The molecule has 1 rings (SSSR count). The molecule has 1 radical (unpaired) electrons. The van der Waals surface area contributed by atoms with Crippen LogP contribution in [0.15, 0.2) is 18.2 Å². The fourth-order valence-corrected chi connectivity index (χ4v) is 1.45. The van der Waals surface area contributed by atoms with Gasteiger partial charge in [0, 0.05) is 6.54 Å². The van der Waals surface area contributed by atoms with Crippen LogP contribution in [-0.4, -0.2) is 11.7 Å². The third-order valence-corrected chi connectivity index (χ3v) is 2.95. The van der Waals surface area contributed by atoms with Gasteiger partial charge in [-0.05, 0) is 24.1 Å². The Labute approximate surface area is 93.6 Å². The smallest absolute Gasteiger partial charge is 0.102 e. The summed E-state index contributed by atoms with van der Waals surface area (Å²) in [6.45, 7) is 3.76. The van der Waals surface area contributed by atoms with Gasteiger partial charge in [-0.25, -0.2) is 0 Å². The SMILES string of the molecule is [CH2]CC(O)(CN)c1ccc(Cl)c(Cl)c1. The number of nitrogens with two attached hydrogens (primary N) is 1. The van der Waals surface area contributed by atoms with Gasteiger partial charge in [-0.3, -0.25) is 0 Å². The third kappa shape index (κ3) is 2.20. The molecule has 0 aliphatic rings. The first-order valence-electron chi connectivity index (χ1n) is 4.20. The molecular weight excluding hydrogens is 221 g/mol. The van der Waals surface area contributed by atoms with Crippen LogP contribution in [0.2, 0.25) is 10.0 Å². The number of halogens is 2. The number of aliphatic hydroxyl groups is 1. The summed E-state index contributed by atoms with van der Waals surface area (Å²) in [5.74, 6) is 0. The predicted molar refractivity (Wildman–Crippen MR) is 59.4 cm³/mol. The number of hydrogen-bond acceptors (Lipinski definition) is 2. The molecule has 0 aromatic heterocycles. The Bertz CT molecular complexity index is 324. The van der Waals surface area contributed by atoms with Crippen molar-refractivity contribution in [3.8, 4) is 0 Å². The van der Waals surface area contributed by atoms with E-state index in [1.807, 2.05) is 0 Å². The van der Waals surface area contributed by atoms with Gasteiger partial charge in [-0.1, -0.05) is 36.2 Å². The zero-order chi connectivity index (χ0) is 10.8. The van der Waals surface area contributed by atoms with E-state index in [4.69, 9.17) is 28.9 Å². The van der Waals surface area contributed by atoms with Crippen molar-refractivity contribution in [2.24, 2.45) is 5.73 Å². The van der Waals surface area contributed by atoms with Crippen LogP contribution in [0.3, 0.4) is 0 Å². The van der Waals surface area contributed by atoms with Crippen molar-refractivity contribution in [1.29, 1.82) is 0 Å². The Kier molecular flexibility index (Phi) is 3.78. The molecule has 14 heavy (non-hydrogen) atoms. The van der Waals surface area contributed by atoms with E-state index < -0.39 is 5.60 Å². The van der Waals surface area contributed by atoms with E-state index in [9.17, 15) is 5.11 Å². The highest BCUT2D eigenvalue weighted by Gasteiger charge is 2.25. The first-order valence-corrected chi connectivity index (χ1v) is 4.96. The molecule has 1 unspecified atom stereocenters. The van der Waals surface area contributed by atoms with Crippen molar-refractivity contribution in [3.05, 3.63) is 40.7 Å². The number of rotatable bonds is 3. The normalized spacial score (nSPS) is 15.2. The third-order valence-electron chi connectivity index (χ3n) is 2.21. The zero-order valence-electron chi connectivity index (χ0n) is 7.63. The minimum absolute atomic E-state index is 0.106. The monoisotopic (exact) mass is 232 g/mol. The quantitative estimate of drug-likeness (QED) is 0.841. The Balaban J connectivity index is 3.12. The minimum atomic E-state index is -1.12. The van der Waals surface area contributed by atoms with Gasteiger partial charge in [-0.2, -0.15) is 0 Å². The summed E-state index contributed by atoms with van der Waals surface area (Å²) in [6, 6.07) is 4.95. The van der Waals surface area contributed by atoms with Crippen molar-refractivity contribution in [2.75, 3.05) is 6.54 Å². The molecule has 0 aliphatic carbocycles. The molecular formula is C10H12Cl2NO. The summed E-state index contributed by atoms with van der Waals surface area (Å²) in [4.78, 5) is 0. The molecule has 0 aliphatic heterocycles. The van der Waals surface area contributed by atoms with Crippen LogP contribution >= 0.6 is 23.2 Å². The molecule has 0 heterocycles. The van der Waals surface area contributed by atoms with Crippen LogP contribution in [0.5, 0.6) is 0 Å². The maximum Gasteiger partial charge on any atom is 0.102 e. The number of benzene rings is 1. The molecule has 0 saturated carbocycles. The highest BCUT2D eigenvalue weighted by atomic mass is 35.5. The summed E-state index contributed by atoms with van der Waals surface area (Å²) in [7, 11) is 0. The lowest BCUT2D eigenvalue weighted by molar-refractivity contribution is 0.0484. The molecule has 4 heteroatoms. The fourth-order valence-electron chi connectivity index (χ4n) is 1.15. The topological polar surface area (TPSA) is 46.2 Å². The lowest BCUT2D eigenvalue weighted by Crippen LogP contribution is -2.34. The van der Waals surface area contributed by atoms with Crippen LogP contribution < -0.4 is 5.73 Å². The summed E-state index contributed by atoms with van der Waals surface area (Å²) in [6.07, 6.45) is 0.293. The summed E-state index contributed by atoms with van der Waals surface area (Å²) >= 11 is 11.6. The summed E-state index contributed by atoms with van der Waals surface area (Å²) in [5.41, 5.74) is 5.00. The standard InChI is InChI=1S/C10H12Cl2NO/c1-2-10(14,6-13)7-3-4-8(11)9(12)5-7/h3-5,14H,1-2,6,13H2. The molecule has 1 atom stereocenters. The van der Waals surface area contributed by atoms with Gasteiger partial charge >= 0.3 is 0 Å². The van der Waals surface area contributed by atoms with Gasteiger partial charge in [0.05, 0.1) is 10.0 Å². The van der Waals surface area contributed by atoms with Crippen molar-refractivity contribution in [1.82, 2.24) is 0 Å². The molecule has 0 spiro atoms. The van der Waals surface area contributed by atoms with Gasteiger partial charge < -0.3 is 10.8 Å². The van der Waals surface area contributed by atoms with Crippen LogP contribution in [0.25, 0.3) is 0 Å². The van der Waals surface area contributed by atoms with Gasteiger partial charge in [0.2, 0.25) is 0 Å². The Morgan fingerprint density at radius 1 is 1.36 bits per heavy atom. The average Bonchev–Trinajstić information content (AvgIpc) is 2.21. The van der Waals surface area contributed by atoms with Gasteiger partial charge in [-0.15, -0.1) is 0 Å². The number of hydrogen-bond donors (Lipinski definition) is 2. The molecule has 0 saturated heterocycles. The molecule has 1 aromatic carbocycles. The first kappa shape index (κ1) is 11.8. The summed E-state index contributed by atoms with van der Waals surface area (Å²) < 4.78 is 0. The van der Waals surface area contributed by atoms with Crippen molar-refractivity contribution < 1.29 is 5.11 Å². The van der Waals surface area contributed by atoms with Crippen LogP contribution in [0, 0.1) is 6.92 Å². The Morgan fingerprint density at radius 2 is 2.00 bits per heavy atom. The van der Waals surface area contributed by atoms with Crippen LogP contribution in [0.4, 0.5) is 0 Å². The highest BCUT2D eigenvalue weighted by molar-refractivity contribution is 6.42. The predicted octanol–water partition coefficient (Wildman–Crippen LogP) is 2.36. The molecule has 0 fully saturated rings. The van der Waals surface area contributed by atoms with E-state index in [0.29, 0.717) is 22.0 Å². The van der Waals surface area contributed by atoms with Gasteiger partial charge in [0.15, 0.2) is 0 Å². The van der Waals surface area contributed by atoms with Crippen LogP contribution in [0.1, 0.15) is 12.0 Å². The second-order valence-electron chi connectivity index (χ2n) is 3.11. The Hall–Kier alpha value is -0.280. The molecule has 0 bridgehead atoms. The molecule has 2 nitrogen and oxygen atoms in total. The lowest BCUT2D eigenvalue weighted by atomic mass is 9.91. The lowest BCUT2D eigenvalue weighted by Gasteiger charge is -2.25. The van der Waals surface area contributed by atoms with Crippen molar-refractivity contribution in [3.63, 3.8) is 0 Å². The average molecular weight is 233 g/mol. The van der Waals surface area contributed by atoms with Gasteiger partial charge in [0.25, 0.3) is 0 Å². The first-order chi connectivity index (χ1) is 6.53. The molecule has 77 valence electrons. The van der Waals surface area contributed by atoms with E-state index in [2.05, 4.69) is 6.92 Å². The second-order valence-corrected chi connectivity index (χ2v) is 3.93. The maximum atomic E-state index is 10.0. The highest BCUT2D eigenvalue weighted by Crippen LogP contribution is 2.29. The molecule has 1 aromatic rings. The van der Waals surface area contributed by atoms with Gasteiger partial charge in [0.1, 0.15) is 5.60 Å². The van der Waals surface area contributed by atoms with Crippen molar-refractivity contribution >= 4 is 23.2 Å². The van der Waals surface area contributed by atoms with Crippen molar-refractivity contribution in [2.45, 2.75) is 12.0 Å². The Morgan fingerprint density at radius 3 is 2.43 bits per heavy atom. The maximum absolute atomic E-state index is 10.0. The molecule has 0 amide bonds. The fraction of sp³-hybridized carbons (Fsp3) is 0.300. The van der Waals surface area contributed by atoms with Crippen LogP contribution in [-0.2, 0) is 5.60 Å². The van der Waals surface area contributed by atoms with E-state index in [1.165, 1.54) is 0 Å². The minimum Gasteiger partial charge on any atom is -0.384 e.